The van der Waals surface area contributed by atoms with Crippen molar-refractivity contribution in [3.05, 3.63) is 70.6 Å². The number of carbonyl (C=O) groups is 1. The molecule has 0 aliphatic heterocycles. The van der Waals surface area contributed by atoms with Crippen LogP contribution in [0.4, 0.5) is 0 Å². The molecular weight excluding hydrogens is 302 g/mol. The van der Waals surface area contributed by atoms with Crippen LogP contribution in [-0.2, 0) is 9.84 Å². The molecular formula is C16H11NO4S. The fourth-order valence-corrected chi connectivity index (χ4v) is 3.03. The van der Waals surface area contributed by atoms with E-state index in [1.165, 1.54) is 30.3 Å². The number of sulfone groups is 1. The SMILES string of the molecule is N#CC(=Cc1ccccc1C(=O)O)S(=O)(=O)c1ccccc1. The highest BCUT2D eigenvalue weighted by atomic mass is 32.2. The second-order valence-corrected chi connectivity index (χ2v) is 6.25. The van der Waals surface area contributed by atoms with Crippen molar-refractivity contribution in [3.63, 3.8) is 0 Å². The minimum atomic E-state index is -3.98. The molecule has 0 unspecified atom stereocenters. The summed E-state index contributed by atoms with van der Waals surface area (Å²) in [6.45, 7) is 0. The standard InChI is InChI=1S/C16H11NO4S/c17-11-14(22(20,21)13-7-2-1-3-8-13)10-12-6-4-5-9-15(12)16(18)19/h1-10H,(H,18,19). The van der Waals surface area contributed by atoms with Gasteiger partial charge in [-0.2, -0.15) is 5.26 Å². The van der Waals surface area contributed by atoms with E-state index in [2.05, 4.69) is 0 Å². The van der Waals surface area contributed by atoms with Crippen molar-refractivity contribution in [2.24, 2.45) is 0 Å². The minimum absolute atomic E-state index is 0.0180. The van der Waals surface area contributed by atoms with Crippen LogP contribution < -0.4 is 0 Å². The summed E-state index contributed by atoms with van der Waals surface area (Å²) in [6, 6.07) is 15.0. The molecule has 22 heavy (non-hydrogen) atoms. The molecule has 1 N–H and O–H groups in total. The first-order valence-corrected chi connectivity index (χ1v) is 7.69. The molecule has 0 bridgehead atoms. The average Bonchev–Trinajstić information content (AvgIpc) is 2.53. The lowest BCUT2D eigenvalue weighted by Gasteiger charge is -2.04. The lowest BCUT2D eigenvalue weighted by molar-refractivity contribution is 0.0696. The molecule has 0 spiro atoms. The molecule has 0 aliphatic carbocycles. The third kappa shape index (κ3) is 3.05. The molecule has 0 aliphatic rings. The van der Waals surface area contributed by atoms with Crippen molar-refractivity contribution in [2.45, 2.75) is 4.90 Å². The molecule has 2 aromatic carbocycles. The largest absolute Gasteiger partial charge is 0.478 e. The normalized spacial score (nSPS) is 11.7. The van der Waals surface area contributed by atoms with Gasteiger partial charge in [-0.05, 0) is 29.8 Å². The number of aromatic carboxylic acids is 1. The Labute approximate surface area is 127 Å². The van der Waals surface area contributed by atoms with Gasteiger partial charge in [-0.15, -0.1) is 0 Å². The lowest BCUT2D eigenvalue weighted by Crippen LogP contribution is -2.05. The molecule has 2 aromatic rings. The zero-order valence-corrected chi connectivity index (χ0v) is 12.1. The van der Waals surface area contributed by atoms with Crippen molar-refractivity contribution < 1.29 is 18.3 Å². The Morgan fingerprint density at radius 3 is 2.23 bits per heavy atom. The van der Waals surface area contributed by atoms with Gasteiger partial charge in [0.15, 0.2) is 0 Å². The molecule has 2 rings (SSSR count). The summed E-state index contributed by atoms with van der Waals surface area (Å²) in [5, 5.41) is 18.3. The number of nitriles is 1. The van der Waals surface area contributed by atoms with E-state index in [-0.39, 0.29) is 16.0 Å². The lowest BCUT2D eigenvalue weighted by atomic mass is 10.1. The molecule has 6 heteroatoms. The number of nitrogens with zero attached hydrogens (tertiary/aromatic N) is 1. The molecule has 0 amide bonds. The third-order valence-corrected chi connectivity index (χ3v) is 4.61. The number of carboxylic acid groups (broad SMARTS) is 1. The smallest absolute Gasteiger partial charge is 0.336 e. The summed E-state index contributed by atoms with van der Waals surface area (Å²) >= 11 is 0. The van der Waals surface area contributed by atoms with Crippen molar-refractivity contribution in [1.29, 1.82) is 5.26 Å². The summed E-state index contributed by atoms with van der Waals surface area (Å²) in [5.74, 6) is -1.19. The van der Waals surface area contributed by atoms with Crippen LogP contribution in [-0.4, -0.2) is 19.5 Å². The van der Waals surface area contributed by atoms with E-state index in [1.807, 2.05) is 0 Å². The second kappa shape index (κ2) is 6.24. The fraction of sp³-hybridized carbons (Fsp3) is 0. The van der Waals surface area contributed by atoms with E-state index in [0.29, 0.717) is 0 Å². The third-order valence-electron chi connectivity index (χ3n) is 2.93. The zero-order valence-electron chi connectivity index (χ0n) is 11.3. The van der Waals surface area contributed by atoms with Gasteiger partial charge in [0.1, 0.15) is 11.0 Å². The molecule has 0 aromatic heterocycles. The van der Waals surface area contributed by atoms with Crippen LogP contribution in [0, 0.1) is 11.3 Å². The minimum Gasteiger partial charge on any atom is -0.478 e. The number of rotatable bonds is 4. The number of benzene rings is 2. The van der Waals surface area contributed by atoms with Gasteiger partial charge < -0.3 is 5.11 Å². The Morgan fingerprint density at radius 1 is 1.05 bits per heavy atom. The molecule has 0 heterocycles. The number of carboxylic acids is 1. The van der Waals surface area contributed by atoms with E-state index in [0.717, 1.165) is 6.08 Å². The van der Waals surface area contributed by atoms with Crippen molar-refractivity contribution in [1.82, 2.24) is 0 Å². The van der Waals surface area contributed by atoms with Gasteiger partial charge in [0.05, 0.1) is 10.5 Å². The predicted molar refractivity (Wildman–Crippen MR) is 80.6 cm³/mol. The average molecular weight is 313 g/mol. The van der Waals surface area contributed by atoms with Crippen LogP contribution in [0.25, 0.3) is 6.08 Å². The summed E-state index contributed by atoms with van der Waals surface area (Å²) < 4.78 is 24.8. The monoisotopic (exact) mass is 313 g/mol. The van der Waals surface area contributed by atoms with E-state index >= 15 is 0 Å². The van der Waals surface area contributed by atoms with Crippen LogP contribution in [0.1, 0.15) is 15.9 Å². The van der Waals surface area contributed by atoms with Crippen LogP contribution >= 0.6 is 0 Å². The van der Waals surface area contributed by atoms with Gasteiger partial charge in [-0.1, -0.05) is 36.4 Å². The first-order valence-electron chi connectivity index (χ1n) is 6.21. The quantitative estimate of drug-likeness (QED) is 0.876. The Balaban J connectivity index is 2.59. The molecule has 5 nitrogen and oxygen atoms in total. The maximum Gasteiger partial charge on any atom is 0.336 e. The molecule has 0 atom stereocenters. The van der Waals surface area contributed by atoms with Crippen molar-refractivity contribution in [2.75, 3.05) is 0 Å². The van der Waals surface area contributed by atoms with Crippen LogP contribution in [0.3, 0.4) is 0 Å². The first-order chi connectivity index (χ1) is 10.5. The molecule has 0 saturated heterocycles. The van der Waals surface area contributed by atoms with Gasteiger partial charge in [0.25, 0.3) is 0 Å². The van der Waals surface area contributed by atoms with Crippen LogP contribution in [0.2, 0.25) is 0 Å². The molecule has 0 radical (unpaired) electrons. The van der Waals surface area contributed by atoms with E-state index in [9.17, 15) is 13.2 Å². The van der Waals surface area contributed by atoms with Gasteiger partial charge in [0.2, 0.25) is 9.84 Å². The Kier molecular flexibility index (Phi) is 4.39. The molecule has 0 fully saturated rings. The van der Waals surface area contributed by atoms with E-state index in [1.54, 1.807) is 30.3 Å². The van der Waals surface area contributed by atoms with Gasteiger partial charge in [-0.25, -0.2) is 13.2 Å². The predicted octanol–water partition coefficient (Wildman–Crippen LogP) is 2.72. The van der Waals surface area contributed by atoms with Crippen LogP contribution in [0.15, 0.2) is 64.4 Å². The first kappa shape index (κ1) is 15.5. The van der Waals surface area contributed by atoms with Gasteiger partial charge >= 0.3 is 5.97 Å². The highest BCUT2D eigenvalue weighted by Crippen LogP contribution is 2.22. The Morgan fingerprint density at radius 2 is 1.64 bits per heavy atom. The summed E-state index contributed by atoms with van der Waals surface area (Å²) in [5.41, 5.74) is 0.0876. The Bertz CT molecular complexity index is 878. The van der Waals surface area contributed by atoms with E-state index in [4.69, 9.17) is 10.4 Å². The van der Waals surface area contributed by atoms with Crippen molar-refractivity contribution in [3.8, 4) is 6.07 Å². The number of allylic oxidation sites excluding steroid dienone is 1. The zero-order chi connectivity index (χ0) is 16.2. The van der Waals surface area contributed by atoms with Gasteiger partial charge in [-0.3, -0.25) is 0 Å². The topological polar surface area (TPSA) is 95.2 Å². The number of hydrogen-bond acceptors (Lipinski definition) is 4. The molecule has 110 valence electrons. The number of hydrogen-bond donors (Lipinski definition) is 1. The summed E-state index contributed by atoms with van der Waals surface area (Å²) in [6.07, 6.45) is 1.08. The highest BCUT2D eigenvalue weighted by molar-refractivity contribution is 7.95. The summed E-state index contributed by atoms with van der Waals surface area (Å²) in [4.78, 5) is 10.6. The van der Waals surface area contributed by atoms with Crippen molar-refractivity contribution >= 4 is 21.9 Å². The highest BCUT2D eigenvalue weighted by Gasteiger charge is 2.21. The molecule has 0 saturated carbocycles. The fourth-order valence-electron chi connectivity index (χ4n) is 1.86. The Hall–Kier alpha value is -2.91. The maximum atomic E-state index is 12.4. The summed E-state index contributed by atoms with van der Waals surface area (Å²) in [7, 11) is -3.98. The van der Waals surface area contributed by atoms with Crippen LogP contribution in [0.5, 0.6) is 0 Å². The maximum absolute atomic E-state index is 12.4. The van der Waals surface area contributed by atoms with Gasteiger partial charge in [0, 0.05) is 0 Å². The van der Waals surface area contributed by atoms with E-state index < -0.39 is 20.7 Å². The second-order valence-electron chi connectivity index (χ2n) is 4.33.